The maximum atomic E-state index is 6.57. The molecule has 118 valence electrons. The summed E-state index contributed by atoms with van der Waals surface area (Å²) in [5, 5.41) is 3.76. The van der Waals surface area contributed by atoms with Gasteiger partial charge in [-0.1, -0.05) is 73.3 Å². The number of rotatable bonds is 5. The van der Waals surface area contributed by atoms with Crippen molar-refractivity contribution in [3.8, 4) is 0 Å². The molecule has 0 radical (unpaired) electrons. The van der Waals surface area contributed by atoms with E-state index in [9.17, 15) is 0 Å². The van der Waals surface area contributed by atoms with Crippen LogP contribution >= 0.6 is 0 Å². The molecule has 0 aliphatic carbocycles. The van der Waals surface area contributed by atoms with Crippen molar-refractivity contribution in [3.05, 3.63) is 84.1 Å². The molecule has 0 aromatic heterocycles. The third-order valence-electron chi connectivity index (χ3n) is 4.22. The fraction of sp³-hybridized carbons (Fsp3) is 0.200. The Morgan fingerprint density at radius 3 is 2.13 bits per heavy atom. The lowest BCUT2D eigenvalue weighted by Crippen LogP contribution is -2.64. The highest BCUT2D eigenvalue weighted by molar-refractivity contribution is 7.03. The molecule has 0 unspecified atom stereocenters. The Balaban J connectivity index is 2.21. The fourth-order valence-corrected chi connectivity index (χ4v) is 7.47. The van der Waals surface area contributed by atoms with Crippen LogP contribution in [0.15, 0.2) is 84.1 Å². The highest BCUT2D eigenvalue weighted by Gasteiger charge is 2.45. The first-order valence-corrected chi connectivity index (χ1v) is 9.82. The summed E-state index contributed by atoms with van der Waals surface area (Å²) >= 11 is 0. The first-order chi connectivity index (χ1) is 11.3. The van der Waals surface area contributed by atoms with E-state index in [1.807, 2.05) is 12.1 Å². The summed E-state index contributed by atoms with van der Waals surface area (Å²) in [6.45, 7) is 5.56. The summed E-state index contributed by atoms with van der Waals surface area (Å²) in [5.41, 5.74) is 1.02. The second kappa shape index (κ2) is 7.09. The lowest BCUT2D eigenvalue weighted by molar-refractivity contribution is 0.227. The standard InChI is InChI=1S/C20H22O2Si/c1-17(16-21-2)20-14-9-15-22-23(20,18-10-5-3-6-11-18)19-12-7-4-8-13-19/h3-8,10-14H,1,9,15-16H2,2H3. The number of benzene rings is 2. The molecule has 0 N–H and O–H groups in total. The van der Waals surface area contributed by atoms with Gasteiger partial charge in [0, 0.05) is 13.7 Å². The predicted octanol–water partition coefficient (Wildman–Crippen LogP) is 2.83. The predicted molar refractivity (Wildman–Crippen MR) is 97.6 cm³/mol. The van der Waals surface area contributed by atoms with E-state index in [1.54, 1.807) is 7.11 Å². The summed E-state index contributed by atoms with van der Waals surface area (Å²) in [4.78, 5) is 0. The van der Waals surface area contributed by atoms with Crippen molar-refractivity contribution in [2.24, 2.45) is 0 Å². The zero-order valence-corrected chi connectivity index (χ0v) is 14.5. The van der Waals surface area contributed by atoms with Crippen LogP contribution in [0.3, 0.4) is 0 Å². The second-order valence-corrected chi connectivity index (χ2v) is 9.05. The van der Waals surface area contributed by atoms with Gasteiger partial charge < -0.3 is 9.16 Å². The molecule has 2 aromatic rings. The largest absolute Gasteiger partial charge is 0.404 e. The van der Waals surface area contributed by atoms with Crippen molar-refractivity contribution in [2.45, 2.75) is 6.42 Å². The van der Waals surface area contributed by atoms with Crippen LogP contribution in [0.1, 0.15) is 6.42 Å². The van der Waals surface area contributed by atoms with E-state index in [0.29, 0.717) is 6.61 Å². The van der Waals surface area contributed by atoms with Gasteiger partial charge in [-0.3, -0.25) is 0 Å². The molecular formula is C20H22O2Si. The van der Waals surface area contributed by atoms with Gasteiger partial charge in [0.25, 0.3) is 8.32 Å². The zero-order chi connectivity index (χ0) is 16.1. The van der Waals surface area contributed by atoms with Crippen molar-refractivity contribution in [3.63, 3.8) is 0 Å². The lowest BCUT2D eigenvalue weighted by atomic mass is 10.2. The van der Waals surface area contributed by atoms with Gasteiger partial charge in [0.1, 0.15) is 0 Å². The summed E-state index contributed by atoms with van der Waals surface area (Å²) in [5.74, 6) is 0. The molecule has 3 rings (SSSR count). The molecule has 0 spiro atoms. The van der Waals surface area contributed by atoms with E-state index in [2.05, 4.69) is 61.2 Å². The molecule has 1 aliphatic heterocycles. The Hall–Kier alpha value is -1.94. The number of hydrogen-bond acceptors (Lipinski definition) is 2. The van der Waals surface area contributed by atoms with Gasteiger partial charge in [-0.15, -0.1) is 0 Å². The van der Waals surface area contributed by atoms with Crippen molar-refractivity contribution in [2.75, 3.05) is 20.3 Å². The molecule has 0 saturated heterocycles. The number of hydrogen-bond donors (Lipinski definition) is 0. The summed E-state index contributed by atoms with van der Waals surface area (Å²) in [6.07, 6.45) is 3.23. The normalized spacial score (nSPS) is 16.7. The van der Waals surface area contributed by atoms with E-state index >= 15 is 0 Å². The average molecular weight is 322 g/mol. The van der Waals surface area contributed by atoms with Crippen molar-refractivity contribution in [1.29, 1.82) is 0 Å². The summed E-state index contributed by atoms with van der Waals surface area (Å²) < 4.78 is 11.9. The molecule has 0 bridgehead atoms. The highest BCUT2D eigenvalue weighted by Crippen LogP contribution is 2.27. The monoisotopic (exact) mass is 322 g/mol. The van der Waals surface area contributed by atoms with Crippen LogP contribution in [0, 0.1) is 0 Å². The van der Waals surface area contributed by atoms with Gasteiger partial charge in [-0.05, 0) is 27.6 Å². The van der Waals surface area contributed by atoms with Gasteiger partial charge in [0.2, 0.25) is 0 Å². The van der Waals surface area contributed by atoms with Crippen LogP contribution in [0.4, 0.5) is 0 Å². The molecular weight excluding hydrogens is 300 g/mol. The van der Waals surface area contributed by atoms with E-state index in [0.717, 1.165) is 18.6 Å². The maximum absolute atomic E-state index is 6.57. The molecule has 2 aromatic carbocycles. The first kappa shape index (κ1) is 15.9. The molecule has 0 saturated carbocycles. The minimum absolute atomic E-state index is 0.531. The smallest absolute Gasteiger partial charge is 0.288 e. The summed E-state index contributed by atoms with van der Waals surface area (Å²) in [7, 11) is -0.771. The topological polar surface area (TPSA) is 18.5 Å². The summed E-state index contributed by atoms with van der Waals surface area (Å²) in [6, 6.07) is 21.2. The van der Waals surface area contributed by atoms with E-state index in [-0.39, 0.29) is 0 Å². The van der Waals surface area contributed by atoms with Gasteiger partial charge in [0.05, 0.1) is 6.61 Å². The van der Waals surface area contributed by atoms with Crippen LogP contribution in [0.25, 0.3) is 0 Å². The molecule has 1 heterocycles. The zero-order valence-electron chi connectivity index (χ0n) is 13.5. The van der Waals surface area contributed by atoms with Crippen molar-refractivity contribution >= 4 is 18.7 Å². The van der Waals surface area contributed by atoms with E-state index < -0.39 is 8.32 Å². The molecule has 0 fully saturated rings. The Bertz CT molecular complexity index is 653. The Kier molecular flexibility index (Phi) is 4.91. The van der Waals surface area contributed by atoms with Crippen LogP contribution in [-0.4, -0.2) is 28.6 Å². The number of ether oxygens (including phenoxy) is 1. The van der Waals surface area contributed by atoms with Crippen molar-refractivity contribution in [1.82, 2.24) is 0 Å². The minimum atomic E-state index is -2.48. The van der Waals surface area contributed by atoms with Gasteiger partial charge >= 0.3 is 0 Å². The minimum Gasteiger partial charge on any atom is -0.404 e. The molecule has 23 heavy (non-hydrogen) atoms. The molecule has 3 heteroatoms. The van der Waals surface area contributed by atoms with Gasteiger partial charge in [-0.25, -0.2) is 0 Å². The van der Waals surface area contributed by atoms with Crippen LogP contribution in [0.2, 0.25) is 0 Å². The molecule has 0 amide bonds. The Labute approximate surface area is 139 Å². The number of methoxy groups -OCH3 is 1. The molecule has 0 atom stereocenters. The first-order valence-electron chi connectivity index (χ1n) is 7.92. The second-order valence-electron chi connectivity index (χ2n) is 5.70. The Morgan fingerprint density at radius 2 is 1.61 bits per heavy atom. The van der Waals surface area contributed by atoms with Gasteiger partial charge in [-0.2, -0.15) is 0 Å². The third kappa shape index (κ3) is 2.95. The van der Waals surface area contributed by atoms with Crippen molar-refractivity contribution < 1.29 is 9.16 Å². The van der Waals surface area contributed by atoms with Gasteiger partial charge in [0.15, 0.2) is 0 Å². The van der Waals surface area contributed by atoms with Crippen LogP contribution < -0.4 is 10.4 Å². The molecule has 2 nitrogen and oxygen atoms in total. The highest BCUT2D eigenvalue weighted by atomic mass is 28.4. The maximum Gasteiger partial charge on any atom is 0.288 e. The molecule has 1 aliphatic rings. The average Bonchev–Trinajstić information content (AvgIpc) is 2.63. The Morgan fingerprint density at radius 1 is 1.04 bits per heavy atom. The lowest BCUT2D eigenvalue weighted by Gasteiger charge is -2.38. The van der Waals surface area contributed by atoms with Crippen LogP contribution in [0.5, 0.6) is 0 Å². The quantitative estimate of drug-likeness (QED) is 0.788. The third-order valence-corrected chi connectivity index (χ3v) is 8.47. The fourth-order valence-electron chi connectivity index (χ4n) is 3.27. The van der Waals surface area contributed by atoms with E-state index in [4.69, 9.17) is 9.16 Å². The van der Waals surface area contributed by atoms with E-state index in [1.165, 1.54) is 15.6 Å². The SMILES string of the molecule is C=C(COC)C1=CCCO[Si]1(c1ccccc1)c1ccccc1. The van der Waals surface area contributed by atoms with Crippen LogP contribution in [-0.2, 0) is 9.16 Å².